The zero-order valence-electron chi connectivity index (χ0n) is 7.42. The van der Waals surface area contributed by atoms with E-state index in [4.69, 9.17) is 11.6 Å². The Morgan fingerprint density at radius 3 is 2.57 bits per heavy atom. The minimum absolute atomic E-state index is 0.446. The Kier molecular flexibility index (Phi) is 3.80. The highest BCUT2D eigenvalue weighted by molar-refractivity contribution is 9.10. The highest BCUT2D eigenvalue weighted by Crippen LogP contribution is 2.20. The van der Waals surface area contributed by atoms with Gasteiger partial charge in [0.1, 0.15) is 5.21 Å². The molecule has 0 spiro atoms. The van der Waals surface area contributed by atoms with Crippen molar-refractivity contribution in [2.24, 2.45) is 0 Å². The molecular weight excluding hydrogens is 290 g/mol. The molecule has 0 bridgehead atoms. The van der Waals surface area contributed by atoms with Crippen LogP contribution in [0.5, 0.6) is 0 Å². The van der Waals surface area contributed by atoms with Crippen LogP contribution >= 0.6 is 27.5 Å². The van der Waals surface area contributed by atoms with Gasteiger partial charge in [-0.3, -0.25) is 4.72 Å². The zero-order chi connectivity index (χ0) is 10.8. The van der Waals surface area contributed by atoms with Gasteiger partial charge >= 0.3 is 0 Å². The number of hydrogen-bond acceptors (Lipinski definition) is 2. The van der Waals surface area contributed by atoms with E-state index >= 15 is 0 Å². The van der Waals surface area contributed by atoms with E-state index in [-0.39, 0.29) is 0 Å². The van der Waals surface area contributed by atoms with Crippen LogP contribution in [0, 0.1) is 6.92 Å². The highest BCUT2D eigenvalue weighted by atomic mass is 79.9. The molecule has 0 amide bonds. The number of benzene rings is 1. The van der Waals surface area contributed by atoms with Crippen LogP contribution in [0.15, 0.2) is 22.7 Å². The van der Waals surface area contributed by atoms with E-state index in [9.17, 15) is 8.42 Å². The summed E-state index contributed by atoms with van der Waals surface area (Å²) >= 11 is 8.54. The van der Waals surface area contributed by atoms with Crippen LogP contribution in [0.25, 0.3) is 0 Å². The van der Waals surface area contributed by atoms with Gasteiger partial charge in [-0.25, -0.2) is 8.42 Å². The van der Waals surface area contributed by atoms with Crippen molar-refractivity contribution in [3.05, 3.63) is 28.2 Å². The second-order valence-corrected chi connectivity index (χ2v) is 6.07. The first-order valence-corrected chi connectivity index (χ1v) is 6.74. The number of anilines is 1. The molecule has 3 nitrogen and oxygen atoms in total. The standard InChI is InChI=1S/C8H9BrClNO2S/c1-6-2-7(9)4-8(3-6)11-14(12,13)5-10/h2-4,11H,5H2,1H3. The lowest BCUT2D eigenvalue weighted by atomic mass is 10.2. The Balaban J connectivity index is 2.98. The molecule has 1 N–H and O–H groups in total. The third kappa shape index (κ3) is 3.48. The van der Waals surface area contributed by atoms with Crippen molar-refractivity contribution < 1.29 is 8.42 Å². The minimum Gasteiger partial charge on any atom is -0.283 e. The van der Waals surface area contributed by atoms with Gasteiger partial charge in [0.2, 0.25) is 10.0 Å². The van der Waals surface area contributed by atoms with E-state index in [1.165, 1.54) is 0 Å². The van der Waals surface area contributed by atoms with Gasteiger partial charge in [-0.1, -0.05) is 15.9 Å². The van der Waals surface area contributed by atoms with Gasteiger partial charge in [-0.05, 0) is 30.7 Å². The van der Waals surface area contributed by atoms with Crippen molar-refractivity contribution >= 4 is 43.2 Å². The molecule has 1 aromatic carbocycles. The van der Waals surface area contributed by atoms with Crippen molar-refractivity contribution in [3.63, 3.8) is 0 Å². The van der Waals surface area contributed by atoms with E-state index in [1.54, 1.807) is 12.1 Å². The Labute approximate surface area is 96.6 Å². The van der Waals surface area contributed by atoms with E-state index in [0.29, 0.717) is 5.69 Å². The quantitative estimate of drug-likeness (QED) is 0.872. The molecule has 0 radical (unpaired) electrons. The fourth-order valence-electron chi connectivity index (χ4n) is 1.00. The maximum atomic E-state index is 11.1. The summed E-state index contributed by atoms with van der Waals surface area (Å²) in [7, 11) is -3.41. The average Bonchev–Trinajstić information content (AvgIpc) is 2.01. The molecule has 14 heavy (non-hydrogen) atoms. The highest BCUT2D eigenvalue weighted by Gasteiger charge is 2.08. The molecule has 1 rings (SSSR count). The third-order valence-corrected chi connectivity index (χ3v) is 3.61. The van der Waals surface area contributed by atoms with E-state index in [0.717, 1.165) is 10.0 Å². The average molecular weight is 299 g/mol. The first kappa shape index (κ1) is 11.8. The van der Waals surface area contributed by atoms with Gasteiger partial charge in [-0.2, -0.15) is 0 Å². The summed E-state index contributed by atoms with van der Waals surface area (Å²) in [6, 6.07) is 5.30. The number of alkyl halides is 1. The van der Waals surface area contributed by atoms with Crippen molar-refractivity contribution in [1.29, 1.82) is 0 Å². The Hall–Kier alpha value is -0.260. The molecule has 0 saturated heterocycles. The molecule has 0 aromatic heterocycles. The molecule has 0 aliphatic carbocycles. The molecule has 0 unspecified atom stereocenters. The summed E-state index contributed by atoms with van der Waals surface area (Å²) < 4.78 is 25.4. The van der Waals surface area contributed by atoms with Gasteiger partial charge in [0.25, 0.3) is 0 Å². The second kappa shape index (κ2) is 4.51. The van der Waals surface area contributed by atoms with Gasteiger partial charge < -0.3 is 0 Å². The zero-order valence-corrected chi connectivity index (χ0v) is 10.6. The SMILES string of the molecule is Cc1cc(Br)cc(NS(=O)(=O)CCl)c1. The Morgan fingerprint density at radius 1 is 1.43 bits per heavy atom. The van der Waals surface area contributed by atoms with Crippen molar-refractivity contribution in [2.75, 3.05) is 9.93 Å². The molecule has 0 aliphatic rings. The first-order valence-electron chi connectivity index (χ1n) is 3.76. The normalized spacial score (nSPS) is 11.4. The number of sulfonamides is 1. The van der Waals surface area contributed by atoms with Crippen LogP contribution in [0.3, 0.4) is 0 Å². The Bertz CT molecular complexity index is 413. The molecule has 78 valence electrons. The summed E-state index contributed by atoms with van der Waals surface area (Å²) in [6.07, 6.45) is 0. The molecule has 6 heteroatoms. The smallest absolute Gasteiger partial charge is 0.246 e. The fraction of sp³-hybridized carbons (Fsp3) is 0.250. The molecule has 0 heterocycles. The predicted octanol–water partition coefficient (Wildman–Crippen LogP) is 2.70. The maximum absolute atomic E-state index is 11.1. The van der Waals surface area contributed by atoms with Crippen LogP contribution in [0.1, 0.15) is 5.56 Å². The van der Waals surface area contributed by atoms with Crippen LogP contribution < -0.4 is 4.72 Å². The summed E-state index contributed by atoms with van der Waals surface area (Å²) in [6.45, 7) is 1.88. The number of nitrogens with one attached hydrogen (secondary N) is 1. The summed E-state index contributed by atoms with van der Waals surface area (Å²) in [4.78, 5) is 0. The number of halogens is 2. The second-order valence-electron chi connectivity index (χ2n) is 2.84. The molecule has 0 atom stereocenters. The van der Waals surface area contributed by atoms with Crippen molar-refractivity contribution in [3.8, 4) is 0 Å². The van der Waals surface area contributed by atoms with Gasteiger partial charge in [-0.15, -0.1) is 11.6 Å². The first-order chi connectivity index (χ1) is 6.43. The van der Waals surface area contributed by atoms with E-state index < -0.39 is 15.2 Å². The van der Waals surface area contributed by atoms with Crippen LogP contribution in [0.4, 0.5) is 5.69 Å². The summed E-state index contributed by atoms with van der Waals surface area (Å²) in [5.74, 6) is 0. The van der Waals surface area contributed by atoms with Crippen molar-refractivity contribution in [2.45, 2.75) is 6.92 Å². The maximum Gasteiger partial charge on any atom is 0.246 e. The molecule has 1 aromatic rings. The number of hydrogen-bond donors (Lipinski definition) is 1. The monoisotopic (exact) mass is 297 g/mol. The lowest BCUT2D eigenvalue weighted by Gasteiger charge is -2.06. The number of rotatable bonds is 3. The molecule has 0 fully saturated rings. The van der Waals surface area contributed by atoms with Crippen LogP contribution in [-0.4, -0.2) is 13.6 Å². The molecule has 0 aliphatic heterocycles. The molecule has 0 saturated carbocycles. The fourth-order valence-corrected chi connectivity index (χ4v) is 2.30. The van der Waals surface area contributed by atoms with Crippen LogP contribution in [0.2, 0.25) is 0 Å². The molecular formula is C8H9BrClNO2S. The van der Waals surface area contributed by atoms with E-state index in [1.807, 2.05) is 13.0 Å². The summed E-state index contributed by atoms with van der Waals surface area (Å²) in [5.41, 5.74) is 1.48. The lowest BCUT2D eigenvalue weighted by Crippen LogP contribution is -2.13. The summed E-state index contributed by atoms with van der Waals surface area (Å²) in [5, 5.41) is -0.446. The van der Waals surface area contributed by atoms with Crippen LogP contribution in [-0.2, 0) is 10.0 Å². The van der Waals surface area contributed by atoms with E-state index in [2.05, 4.69) is 20.7 Å². The van der Waals surface area contributed by atoms with Gasteiger partial charge in [0, 0.05) is 10.2 Å². The third-order valence-electron chi connectivity index (χ3n) is 1.46. The van der Waals surface area contributed by atoms with Gasteiger partial charge in [0.05, 0.1) is 0 Å². The number of aryl methyl sites for hydroxylation is 1. The largest absolute Gasteiger partial charge is 0.283 e. The topological polar surface area (TPSA) is 46.2 Å². The van der Waals surface area contributed by atoms with Crippen molar-refractivity contribution in [1.82, 2.24) is 0 Å². The lowest BCUT2D eigenvalue weighted by molar-refractivity contribution is 0.605. The van der Waals surface area contributed by atoms with Gasteiger partial charge in [0.15, 0.2) is 0 Å². The minimum atomic E-state index is -3.41. The Morgan fingerprint density at radius 2 is 2.07 bits per heavy atom. The predicted molar refractivity (Wildman–Crippen MR) is 62.1 cm³/mol.